The van der Waals surface area contributed by atoms with Crippen LogP contribution in [0.3, 0.4) is 0 Å². The minimum absolute atomic E-state index is 0.504. The Hall–Kier alpha value is -1.55. The number of piperidine rings is 1. The van der Waals surface area contributed by atoms with Crippen molar-refractivity contribution in [2.75, 3.05) is 27.2 Å². The Morgan fingerprint density at radius 2 is 2.10 bits per heavy atom. The molecule has 110 valence electrons. The molecule has 4 nitrogen and oxygen atoms in total. The molecule has 2 rings (SSSR count). The Morgan fingerprint density at radius 1 is 1.40 bits per heavy atom. The first-order chi connectivity index (χ1) is 9.61. The van der Waals surface area contributed by atoms with Crippen LogP contribution in [-0.2, 0) is 0 Å². The van der Waals surface area contributed by atoms with Crippen molar-refractivity contribution < 1.29 is 0 Å². The molecule has 2 aliphatic rings. The van der Waals surface area contributed by atoms with Gasteiger partial charge in [0.15, 0.2) is 0 Å². The van der Waals surface area contributed by atoms with Gasteiger partial charge in [0.1, 0.15) is 5.82 Å². The van der Waals surface area contributed by atoms with Crippen molar-refractivity contribution in [2.45, 2.75) is 32.2 Å². The average Bonchev–Trinajstić information content (AvgIpc) is 2.63. The van der Waals surface area contributed by atoms with Crippen LogP contribution in [0.1, 0.15) is 26.2 Å². The fourth-order valence-electron chi connectivity index (χ4n) is 2.72. The fourth-order valence-corrected chi connectivity index (χ4v) is 2.72. The predicted octanol–water partition coefficient (Wildman–Crippen LogP) is 2.04. The van der Waals surface area contributed by atoms with E-state index in [9.17, 15) is 0 Å². The predicted molar refractivity (Wildman–Crippen MR) is 85.7 cm³/mol. The highest BCUT2D eigenvalue weighted by molar-refractivity contribution is 5.65. The summed E-state index contributed by atoms with van der Waals surface area (Å²) in [6.07, 6.45) is 7.31. The van der Waals surface area contributed by atoms with Gasteiger partial charge in [-0.2, -0.15) is 0 Å². The van der Waals surface area contributed by atoms with E-state index in [2.05, 4.69) is 40.2 Å². The van der Waals surface area contributed by atoms with Crippen molar-refractivity contribution in [1.29, 1.82) is 0 Å². The maximum atomic E-state index is 4.61. The summed E-state index contributed by atoms with van der Waals surface area (Å²) in [7, 11) is 4.13. The lowest BCUT2D eigenvalue weighted by Crippen LogP contribution is -2.40. The third-order valence-electron chi connectivity index (χ3n) is 3.91. The minimum Gasteiger partial charge on any atom is -0.388 e. The summed E-state index contributed by atoms with van der Waals surface area (Å²) < 4.78 is 0. The van der Waals surface area contributed by atoms with Crippen LogP contribution >= 0.6 is 0 Å². The minimum atomic E-state index is 0.504. The lowest BCUT2D eigenvalue weighted by molar-refractivity contribution is 0.241. The van der Waals surface area contributed by atoms with Gasteiger partial charge in [-0.05, 0) is 45.5 Å². The Morgan fingerprint density at radius 3 is 2.70 bits per heavy atom. The zero-order valence-electron chi connectivity index (χ0n) is 12.9. The van der Waals surface area contributed by atoms with E-state index in [1.807, 2.05) is 20.2 Å². The number of nitrogens with one attached hydrogen (secondary N) is 2. The van der Waals surface area contributed by atoms with Crippen molar-refractivity contribution in [3.05, 3.63) is 35.3 Å². The monoisotopic (exact) mass is 274 g/mol. The number of rotatable bonds is 4. The van der Waals surface area contributed by atoms with Gasteiger partial charge in [0, 0.05) is 37.0 Å². The Kier molecular flexibility index (Phi) is 5.01. The molecule has 0 aromatic carbocycles. The lowest BCUT2D eigenvalue weighted by Gasteiger charge is -2.30. The number of aliphatic imine (C=N–C) groups is 1. The molecule has 0 amide bonds. The fraction of sp³-hybridized carbons (Fsp3) is 0.562. The lowest BCUT2D eigenvalue weighted by atomic mass is 10.0. The summed E-state index contributed by atoms with van der Waals surface area (Å²) in [5.74, 6) is 0.963. The average molecular weight is 274 g/mol. The Bertz CT molecular complexity index is 451. The van der Waals surface area contributed by atoms with Crippen LogP contribution in [0.15, 0.2) is 40.3 Å². The van der Waals surface area contributed by atoms with E-state index in [1.165, 1.54) is 0 Å². The second kappa shape index (κ2) is 6.75. The zero-order chi connectivity index (χ0) is 14.5. The molecule has 0 radical (unpaired) electrons. The van der Waals surface area contributed by atoms with Gasteiger partial charge in [-0.1, -0.05) is 12.7 Å². The molecule has 1 saturated heterocycles. The standard InChI is InChI=1S/C16H26N4/c1-12(2)15-14(17-3)6-5-9-18-16(15)19-13-7-10-20(4)11-8-13/h6,9,13,17,19H,1,5,7-8,10-11H2,2-4H3. The van der Waals surface area contributed by atoms with E-state index in [4.69, 9.17) is 0 Å². The summed E-state index contributed by atoms with van der Waals surface area (Å²) in [5, 5.41) is 6.89. The summed E-state index contributed by atoms with van der Waals surface area (Å²) in [5.41, 5.74) is 3.27. The highest BCUT2D eigenvalue weighted by atomic mass is 15.1. The molecule has 1 fully saturated rings. The van der Waals surface area contributed by atoms with Crippen molar-refractivity contribution in [3.63, 3.8) is 0 Å². The van der Waals surface area contributed by atoms with Crippen LogP contribution in [0.4, 0.5) is 0 Å². The first kappa shape index (κ1) is 14.9. The van der Waals surface area contributed by atoms with E-state index < -0.39 is 0 Å². The van der Waals surface area contributed by atoms with Gasteiger partial charge in [0.2, 0.25) is 0 Å². The van der Waals surface area contributed by atoms with Gasteiger partial charge in [-0.15, -0.1) is 0 Å². The van der Waals surface area contributed by atoms with E-state index in [1.54, 1.807) is 0 Å². The third kappa shape index (κ3) is 3.51. The molecule has 0 spiro atoms. The summed E-state index contributed by atoms with van der Waals surface area (Å²) in [4.78, 5) is 6.99. The van der Waals surface area contributed by atoms with E-state index in [0.29, 0.717) is 6.04 Å². The van der Waals surface area contributed by atoms with E-state index in [-0.39, 0.29) is 0 Å². The molecule has 0 atom stereocenters. The van der Waals surface area contributed by atoms with Crippen molar-refractivity contribution >= 4 is 6.21 Å². The van der Waals surface area contributed by atoms with Gasteiger partial charge in [-0.25, -0.2) is 4.99 Å². The molecule has 2 N–H and O–H groups in total. The molecule has 0 aromatic heterocycles. The number of likely N-dealkylation sites (tertiary alicyclic amines) is 1. The molecular formula is C16H26N4. The number of nitrogens with zero attached hydrogens (tertiary/aromatic N) is 2. The summed E-state index contributed by atoms with van der Waals surface area (Å²) >= 11 is 0. The van der Waals surface area contributed by atoms with Crippen LogP contribution in [0.25, 0.3) is 0 Å². The largest absolute Gasteiger partial charge is 0.388 e. The Balaban J connectivity index is 2.20. The maximum Gasteiger partial charge on any atom is 0.135 e. The molecule has 0 unspecified atom stereocenters. The normalized spacial score (nSPS) is 21.4. The first-order valence-electron chi connectivity index (χ1n) is 7.38. The molecule has 0 bridgehead atoms. The van der Waals surface area contributed by atoms with Crippen molar-refractivity contribution in [3.8, 4) is 0 Å². The number of allylic oxidation sites excluding steroid dienone is 2. The highest BCUT2D eigenvalue weighted by Crippen LogP contribution is 2.23. The van der Waals surface area contributed by atoms with Gasteiger partial charge in [-0.3, -0.25) is 0 Å². The van der Waals surface area contributed by atoms with Gasteiger partial charge < -0.3 is 15.5 Å². The van der Waals surface area contributed by atoms with Crippen LogP contribution in [0, 0.1) is 0 Å². The molecule has 2 aliphatic heterocycles. The smallest absolute Gasteiger partial charge is 0.135 e. The van der Waals surface area contributed by atoms with Crippen molar-refractivity contribution in [2.24, 2.45) is 4.99 Å². The second-order valence-corrected chi connectivity index (χ2v) is 5.64. The molecular weight excluding hydrogens is 248 g/mol. The third-order valence-corrected chi connectivity index (χ3v) is 3.91. The van der Waals surface area contributed by atoms with Crippen LogP contribution in [0.5, 0.6) is 0 Å². The molecule has 0 aromatic rings. The van der Waals surface area contributed by atoms with Crippen molar-refractivity contribution in [1.82, 2.24) is 15.5 Å². The van der Waals surface area contributed by atoms with Crippen LogP contribution < -0.4 is 10.6 Å². The van der Waals surface area contributed by atoms with Gasteiger partial charge >= 0.3 is 0 Å². The highest BCUT2D eigenvalue weighted by Gasteiger charge is 2.20. The topological polar surface area (TPSA) is 39.7 Å². The number of likely N-dealkylation sites (N-methyl/N-ethyl adjacent to an activating group) is 1. The number of hydrogen-bond donors (Lipinski definition) is 2. The van der Waals surface area contributed by atoms with E-state index in [0.717, 1.165) is 55.0 Å². The van der Waals surface area contributed by atoms with Gasteiger partial charge in [0.25, 0.3) is 0 Å². The zero-order valence-corrected chi connectivity index (χ0v) is 12.9. The molecule has 0 saturated carbocycles. The molecule has 4 heteroatoms. The SMILES string of the molecule is C=C(C)C1=C(NC2CCN(C)CC2)N=CCC=C1NC. The Labute approximate surface area is 122 Å². The number of hydrogen-bond acceptors (Lipinski definition) is 4. The summed E-state index contributed by atoms with van der Waals surface area (Å²) in [6.45, 7) is 8.44. The quantitative estimate of drug-likeness (QED) is 0.824. The molecule has 20 heavy (non-hydrogen) atoms. The molecule has 2 heterocycles. The second-order valence-electron chi connectivity index (χ2n) is 5.64. The van der Waals surface area contributed by atoms with Crippen LogP contribution in [0.2, 0.25) is 0 Å². The maximum absolute atomic E-state index is 4.61. The summed E-state index contributed by atoms with van der Waals surface area (Å²) in [6, 6.07) is 0.504. The van der Waals surface area contributed by atoms with Gasteiger partial charge in [0.05, 0.1) is 0 Å². The van der Waals surface area contributed by atoms with E-state index >= 15 is 0 Å². The molecule has 0 aliphatic carbocycles. The first-order valence-corrected chi connectivity index (χ1v) is 7.38. The van der Waals surface area contributed by atoms with Crippen LogP contribution in [-0.4, -0.2) is 44.3 Å².